The number of aliphatic carboxylic acids is 2. The Labute approximate surface area is 325 Å². The van der Waals surface area contributed by atoms with Gasteiger partial charge in [-0.3, -0.25) is 43.3 Å². The van der Waals surface area contributed by atoms with Crippen LogP contribution in [0.5, 0.6) is 0 Å². The van der Waals surface area contributed by atoms with Crippen molar-refractivity contribution in [2.75, 3.05) is 19.6 Å². The number of primary amides is 1. The van der Waals surface area contributed by atoms with E-state index in [0.717, 1.165) is 0 Å². The summed E-state index contributed by atoms with van der Waals surface area (Å²) in [5, 5.41) is 31.5. The Bertz CT molecular complexity index is 1450. The molecular formula is C34H59N11O11. The Kier molecular flexibility index (Phi) is 20.8. The zero-order valence-corrected chi connectivity index (χ0v) is 32.4. The molecule has 6 atom stereocenters. The van der Waals surface area contributed by atoms with Crippen molar-refractivity contribution in [2.45, 2.75) is 122 Å². The van der Waals surface area contributed by atoms with Gasteiger partial charge in [0.25, 0.3) is 0 Å². The molecule has 1 saturated heterocycles. The number of hydrogen-bond donors (Lipinski definition) is 11. The molecule has 1 rings (SSSR count). The predicted octanol–water partition coefficient (Wildman–Crippen LogP) is -3.67. The highest BCUT2D eigenvalue weighted by Gasteiger charge is 2.37. The van der Waals surface area contributed by atoms with Gasteiger partial charge < -0.3 is 64.6 Å². The number of nitrogens with zero attached hydrogens (tertiary/aromatic N) is 2. The first kappa shape index (κ1) is 48.5. The first-order valence-electron chi connectivity index (χ1n) is 18.5. The molecule has 0 aromatic carbocycles. The molecule has 0 aliphatic carbocycles. The SMILES string of the molecule is CC(C)C[C@H](NC(=O)[C@H](CCC(=O)O)NC(=O)[C@@H]1CCCN1C(=O)CNC(=O)[C@@H](N)CCC(N)=O)C(=O)N[C@H](C(=O)N[C@@H](CCCN=C(N)N)C(=O)O)C(C)C. The molecule has 0 radical (unpaired) electrons. The maximum atomic E-state index is 13.7. The van der Waals surface area contributed by atoms with Crippen molar-refractivity contribution in [3.8, 4) is 0 Å². The Balaban J connectivity index is 3.11. The van der Waals surface area contributed by atoms with Gasteiger partial charge >= 0.3 is 11.9 Å². The van der Waals surface area contributed by atoms with Crippen molar-refractivity contribution in [1.82, 2.24) is 31.5 Å². The van der Waals surface area contributed by atoms with E-state index in [1.54, 1.807) is 27.7 Å². The third-order valence-electron chi connectivity index (χ3n) is 8.75. The fourth-order valence-electron chi connectivity index (χ4n) is 5.75. The van der Waals surface area contributed by atoms with Crippen LogP contribution >= 0.6 is 0 Å². The lowest BCUT2D eigenvalue weighted by Crippen LogP contribution is -2.60. The number of carbonyl (C=O) groups excluding carboxylic acids is 7. The number of carboxylic acids is 2. The topological polar surface area (TPSA) is 374 Å². The Hall–Kier alpha value is -5.54. The highest BCUT2D eigenvalue weighted by Crippen LogP contribution is 2.18. The lowest BCUT2D eigenvalue weighted by atomic mass is 9.99. The normalized spacial score (nSPS) is 16.4. The van der Waals surface area contributed by atoms with Crippen molar-refractivity contribution in [3.05, 3.63) is 0 Å². The van der Waals surface area contributed by atoms with Gasteiger partial charge in [0.05, 0.1) is 12.6 Å². The van der Waals surface area contributed by atoms with Gasteiger partial charge in [-0.15, -0.1) is 0 Å². The zero-order valence-electron chi connectivity index (χ0n) is 32.4. The molecule has 1 fully saturated rings. The first-order chi connectivity index (χ1) is 26.1. The summed E-state index contributed by atoms with van der Waals surface area (Å²) >= 11 is 0. The number of guanidine groups is 1. The Morgan fingerprint density at radius 3 is 1.95 bits per heavy atom. The third kappa shape index (κ3) is 17.7. The minimum atomic E-state index is -1.46. The van der Waals surface area contributed by atoms with Gasteiger partial charge in [-0.2, -0.15) is 0 Å². The summed E-state index contributed by atoms with van der Waals surface area (Å²) in [5.41, 5.74) is 21.4. The minimum absolute atomic E-state index is 0.0101. The smallest absolute Gasteiger partial charge is 0.326 e. The van der Waals surface area contributed by atoms with E-state index in [9.17, 15) is 53.4 Å². The highest BCUT2D eigenvalue weighted by atomic mass is 16.4. The van der Waals surface area contributed by atoms with Gasteiger partial charge in [0.2, 0.25) is 41.4 Å². The number of nitrogens with one attached hydrogen (secondary N) is 5. The molecule has 15 N–H and O–H groups in total. The van der Waals surface area contributed by atoms with Crippen LogP contribution in [0, 0.1) is 11.8 Å². The number of aliphatic imine (C=N–C) groups is 1. The molecule has 0 aromatic rings. The van der Waals surface area contributed by atoms with Crippen LogP contribution in [0.3, 0.4) is 0 Å². The number of amides is 7. The molecule has 0 unspecified atom stereocenters. The second-order valence-electron chi connectivity index (χ2n) is 14.3. The molecule has 7 amide bonds. The van der Waals surface area contributed by atoms with E-state index in [1.165, 1.54) is 4.90 Å². The fourth-order valence-corrected chi connectivity index (χ4v) is 5.75. The summed E-state index contributed by atoms with van der Waals surface area (Å²) in [6.45, 7) is 6.56. The van der Waals surface area contributed by atoms with Gasteiger partial charge in [-0.1, -0.05) is 27.7 Å². The molecule has 1 aliphatic heterocycles. The summed E-state index contributed by atoms with van der Waals surface area (Å²) in [4.78, 5) is 119. The number of carboxylic acid groups (broad SMARTS) is 2. The summed E-state index contributed by atoms with van der Waals surface area (Å²) in [6.07, 6.45) is -0.181. The number of hydrogen-bond acceptors (Lipinski definition) is 11. The van der Waals surface area contributed by atoms with Crippen LogP contribution in [0.15, 0.2) is 4.99 Å². The Morgan fingerprint density at radius 2 is 1.39 bits per heavy atom. The zero-order chi connectivity index (χ0) is 42.7. The average Bonchev–Trinajstić information content (AvgIpc) is 3.60. The molecular weight excluding hydrogens is 738 g/mol. The molecule has 56 heavy (non-hydrogen) atoms. The summed E-state index contributed by atoms with van der Waals surface area (Å²) < 4.78 is 0. The van der Waals surface area contributed by atoms with E-state index >= 15 is 0 Å². The van der Waals surface area contributed by atoms with E-state index < -0.39 is 108 Å². The van der Waals surface area contributed by atoms with E-state index in [4.69, 9.17) is 22.9 Å². The average molecular weight is 798 g/mol. The van der Waals surface area contributed by atoms with E-state index in [2.05, 4.69) is 31.6 Å². The summed E-state index contributed by atoms with van der Waals surface area (Å²) in [5.74, 6) is -8.67. The fraction of sp³-hybridized carbons (Fsp3) is 0.706. The Morgan fingerprint density at radius 1 is 0.768 bits per heavy atom. The monoisotopic (exact) mass is 797 g/mol. The van der Waals surface area contributed by atoms with Crippen LogP contribution in [0.25, 0.3) is 0 Å². The quantitative estimate of drug-likeness (QED) is 0.0241. The van der Waals surface area contributed by atoms with Crippen LogP contribution in [-0.2, 0) is 43.2 Å². The largest absolute Gasteiger partial charge is 0.481 e. The number of likely N-dealkylation sites (tertiary alicyclic amines) is 1. The molecule has 0 spiro atoms. The van der Waals surface area contributed by atoms with Crippen LogP contribution in [0.2, 0.25) is 0 Å². The van der Waals surface area contributed by atoms with Crippen molar-refractivity contribution >= 4 is 59.2 Å². The number of rotatable bonds is 25. The lowest BCUT2D eigenvalue weighted by molar-refractivity contribution is -0.143. The molecule has 316 valence electrons. The maximum absolute atomic E-state index is 13.7. The first-order valence-corrected chi connectivity index (χ1v) is 18.5. The van der Waals surface area contributed by atoms with Gasteiger partial charge in [-0.25, -0.2) is 4.79 Å². The summed E-state index contributed by atoms with van der Waals surface area (Å²) in [6, 6.07) is -7.43. The van der Waals surface area contributed by atoms with E-state index in [1.807, 2.05) is 0 Å². The van der Waals surface area contributed by atoms with Crippen LogP contribution in [0.1, 0.15) is 85.5 Å². The minimum Gasteiger partial charge on any atom is -0.481 e. The predicted molar refractivity (Wildman–Crippen MR) is 201 cm³/mol. The van der Waals surface area contributed by atoms with E-state index in [0.29, 0.717) is 6.42 Å². The number of nitrogens with two attached hydrogens (primary N) is 4. The van der Waals surface area contributed by atoms with E-state index in [-0.39, 0.29) is 69.9 Å². The third-order valence-corrected chi connectivity index (χ3v) is 8.75. The van der Waals surface area contributed by atoms with Gasteiger partial charge in [-0.05, 0) is 56.8 Å². The van der Waals surface area contributed by atoms with Gasteiger partial charge in [0.1, 0.15) is 30.2 Å². The van der Waals surface area contributed by atoms with Gasteiger partial charge in [0, 0.05) is 25.9 Å². The van der Waals surface area contributed by atoms with Crippen LogP contribution in [0.4, 0.5) is 0 Å². The maximum Gasteiger partial charge on any atom is 0.326 e. The van der Waals surface area contributed by atoms with Crippen molar-refractivity contribution < 1.29 is 53.4 Å². The standard InChI is InChI=1S/C34H59N11O11/c1-17(2)15-22(30(52)44-27(18(3)4)32(54)42-21(33(55)56)7-5-13-39-34(37)38)43-29(51)20(10-12-26(48)49)41-31(53)23-8-6-14-45(23)25(47)16-40-28(50)19(35)9-11-24(36)46/h17-23,27H,5-16,35H2,1-4H3,(H2,36,46)(H,40,50)(H,41,53)(H,42,54)(H,43,51)(H,44,52)(H,48,49)(H,55,56)(H4,37,38,39)/t19-,20-,21-,22-,23-,27-/m0/s1. The molecule has 0 bridgehead atoms. The summed E-state index contributed by atoms with van der Waals surface area (Å²) in [7, 11) is 0. The molecule has 1 aliphatic rings. The van der Waals surface area contributed by atoms with Crippen molar-refractivity contribution in [1.29, 1.82) is 0 Å². The van der Waals surface area contributed by atoms with Crippen LogP contribution in [-0.4, -0.2) is 130 Å². The van der Waals surface area contributed by atoms with Crippen molar-refractivity contribution in [3.63, 3.8) is 0 Å². The number of carbonyl (C=O) groups is 9. The molecule has 22 heteroatoms. The highest BCUT2D eigenvalue weighted by molar-refractivity contribution is 5.97. The molecule has 22 nitrogen and oxygen atoms in total. The van der Waals surface area contributed by atoms with Gasteiger partial charge in [0.15, 0.2) is 5.96 Å². The van der Waals surface area contributed by atoms with Crippen LogP contribution < -0.4 is 49.5 Å². The second-order valence-corrected chi connectivity index (χ2v) is 14.3. The molecule has 0 aromatic heterocycles. The second kappa shape index (κ2) is 24.1. The molecule has 1 heterocycles. The van der Waals surface area contributed by atoms with Crippen molar-refractivity contribution in [2.24, 2.45) is 39.8 Å². The molecule has 0 saturated carbocycles. The lowest BCUT2D eigenvalue weighted by Gasteiger charge is -2.29.